The fourth-order valence-electron chi connectivity index (χ4n) is 1.33. The maximum Gasteiger partial charge on any atom is 0.124 e. The molecule has 0 aliphatic heterocycles. The Kier molecular flexibility index (Phi) is 3.09. The monoisotopic (exact) mass is 170 g/mol. The van der Waals surface area contributed by atoms with Gasteiger partial charge in [0, 0.05) is 13.2 Å². The number of hydrogen-bond donors (Lipinski definition) is 1. The molecule has 70 valence electrons. The molecule has 3 heteroatoms. The molecule has 0 aromatic carbocycles. The molecule has 1 atom stereocenters. The predicted octanol–water partition coefficient (Wildman–Crippen LogP) is 1.18. The van der Waals surface area contributed by atoms with Gasteiger partial charge in [-0.3, -0.25) is 4.99 Å². The van der Waals surface area contributed by atoms with E-state index in [4.69, 9.17) is 10.5 Å². The lowest BCUT2D eigenvalue weighted by Crippen LogP contribution is -2.33. The standard InChI is InChI=1S/C9H18N2O/c1-6(2)11-9(10)8(12-3)7-4-5-7/h6-8H,4-5H2,1-3H3,(H2,10,11). The minimum absolute atomic E-state index is 0.0624. The number of nitrogens with zero attached hydrogens (tertiary/aromatic N) is 1. The first-order valence-corrected chi connectivity index (χ1v) is 4.51. The summed E-state index contributed by atoms with van der Waals surface area (Å²) >= 11 is 0. The van der Waals surface area contributed by atoms with Gasteiger partial charge in [-0.15, -0.1) is 0 Å². The van der Waals surface area contributed by atoms with Crippen LogP contribution in [-0.2, 0) is 4.74 Å². The molecule has 1 aliphatic carbocycles. The molecule has 1 rings (SSSR count). The zero-order valence-corrected chi connectivity index (χ0v) is 8.08. The van der Waals surface area contributed by atoms with E-state index in [-0.39, 0.29) is 12.1 Å². The summed E-state index contributed by atoms with van der Waals surface area (Å²) in [5.74, 6) is 1.28. The van der Waals surface area contributed by atoms with Crippen molar-refractivity contribution in [1.82, 2.24) is 0 Å². The Morgan fingerprint density at radius 3 is 2.42 bits per heavy atom. The van der Waals surface area contributed by atoms with Crippen LogP contribution in [-0.4, -0.2) is 25.1 Å². The second kappa shape index (κ2) is 3.90. The fourth-order valence-corrected chi connectivity index (χ4v) is 1.33. The molecule has 1 unspecified atom stereocenters. The molecule has 0 saturated heterocycles. The molecule has 0 aromatic heterocycles. The van der Waals surface area contributed by atoms with Crippen molar-refractivity contribution in [3.63, 3.8) is 0 Å². The Balaban J connectivity index is 2.51. The number of amidine groups is 1. The summed E-state index contributed by atoms with van der Waals surface area (Å²) in [4.78, 5) is 4.28. The lowest BCUT2D eigenvalue weighted by atomic mass is 10.2. The van der Waals surface area contributed by atoms with Gasteiger partial charge in [0.1, 0.15) is 11.9 Å². The minimum Gasteiger partial charge on any atom is -0.385 e. The van der Waals surface area contributed by atoms with Gasteiger partial charge >= 0.3 is 0 Å². The molecule has 3 nitrogen and oxygen atoms in total. The molecule has 0 spiro atoms. The smallest absolute Gasteiger partial charge is 0.124 e. The van der Waals surface area contributed by atoms with Gasteiger partial charge in [0.2, 0.25) is 0 Å². The Morgan fingerprint density at radius 1 is 1.50 bits per heavy atom. The van der Waals surface area contributed by atoms with Crippen LogP contribution < -0.4 is 5.73 Å². The molecule has 2 N–H and O–H groups in total. The van der Waals surface area contributed by atoms with Gasteiger partial charge in [-0.05, 0) is 32.6 Å². The molecule has 0 bridgehead atoms. The summed E-state index contributed by atoms with van der Waals surface area (Å²) in [5.41, 5.74) is 5.80. The second-order valence-electron chi connectivity index (χ2n) is 3.64. The largest absolute Gasteiger partial charge is 0.385 e. The summed E-state index contributed by atoms with van der Waals surface area (Å²) < 4.78 is 5.28. The van der Waals surface area contributed by atoms with Crippen molar-refractivity contribution in [3.8, 4) is 0 Å². The second-order valence-corrected chi connectivity index (χ2v) is 3.64. The van der Waals surface area contributed by atoms with Crippen molar-refractivity contribution in [3.05, 3.63) is 0 Å². The van der Waals surface area contributed by atoms with Gasteiger partial charge in [-0.2, -0.15) is 0 Å². The molecular formula is C9H18N2O. The van der Waals surface area contributed by atoms with E-state index in [1.807, 2.05) is 13.8 Å². The van der Waals surface area contributed by atoms with Crippen molar-refractivity contribution in [1.29, 1.82) is 0 Å². The van der Waals surface area contributed by atoms with Crippen LogP contribution in [0, 0.1) is 5.92 Å². The van der Waals surface area contributed by atoms with E-state index in [1.54, 1.807) is 7.11 Å². The lowest BCUT2D eigenvalue weighted by Gasteiger charge is -2.14. The van der Waals surface area contributed by atoms with Gasteiger partial charge in [0.15, 0.2) is 0 Å². The van der Waals surface area contributed by atoms with Crippen LogP contribution in [0.4, 0.5) is 0 Å². The van der Waals surface area contributed by atoms with E-state index in [1.165, 1.54) is 12.8 Å². The molecule has 1 fully saturated rings. The van der Waals surface area contributed by atoms with Gasteiger partial charge in [0.25, 0.3) is 0 Å². The predicted molar refractivity (Wildman–Crippen MR) is 50.3 cm³/mol. The Morgan fingerprint density at radius 2 is 2.08 bits per heavy atom. The van der Waals surface area contributed by atoms with Gasteiger partial charge in [-0.25, -0.2) is 0 Å². The molecule has 1 saturated carbocycles. The summed E-state index contributed by atoms with van der Waals surface area (Å²) in [6, 6.07) is 0.265. The number of rotatable bonds is 4. The summed E-state index contributed by atoms with van der Waals surface area (Å²) in [6.07, 6.45) is 2.52. The molecule has 12 heavy (non-hydrogen) atoms. The zero-order valence-electron chi connectivity index (χ0n) is 8.08. The van der Waals surface area contributed by atoms with Crippen LogP contribution in [0.1, 0.15) is 26.7 Å². The number of hydrogen-bond acceptors (Lipinski definition) is 2. The third-order valence-electron chi connectivity index (χ3n) is 2.00. The van der Waals surface area contributed by atoms with Crippen LogP contribution in [0.25, 0.3) is 0 Å². The van der Waals surface area contributed by atoms with Crippen LogP contribution in [0.15, 0.2) is 4.99 Å². The number of nitrogens with two attached hydrogens (primary N) is 1. The van der Waals surface area contributed by atoms with Crippen LogP contribution >= 0.6 is 0 Å². The van der Waals surface area contributed by atoms with E-state index in [2.05, 4.69) is 4.99 Å². The highest BCUT2D eigenvalue weighted by Gasteiger charge is 2.33. The molecule has 0 aromatic rings. The molecular weight excluding hydrogens is 152 g/mol. The highest BCUT2D eigenvalue weighted by Crippen LogP contribution is 2.34. The highest BCUT2D eigenvalue weighted by molar-refractivity contribution is 5.85. The Bertz CT molecular complexity index is 173. The molecule has 0 amide bonds. The summed E-state index contributed by atoms with van der Waals surface area (Å²) in [7, 11) is 1.70. The van der Waals surface area contributed by atoms with Crippen LogP contribution in [0.2, 0.25) is 0 Å². The first-order chi connectivity index (χ1) is 5.65. The first kappa shape index (κ1) is 9.52. The van der Waals surface area contributed by atoms with E-state index in [0.717, 1.165) is 0 Å². The summed E-state index contributed by atoms with van der Waals surface area (Å²) in [6.45, 7) is 4.04. The van der Waals surface area contributed by atoms with E-state index < -0.39 is 0 Å². The van der Waals surface area contributed by atoms with Crippen molar-refractivity contribution in [2.45, 2.75) is 38.8 Å². The van der Waals surface area contributed by atoms with Gasteiger partial charge < -0.3 is 10.5 Å². The lowest BCUT2D eigenvalue weighted by molar-refractivity contribution is 0.137. The topological polar surface area (TPSA) is 47.6 Å². The fraction of sp³-hybridized carbons (Fsp3) is 0.889. The van der Waals surface area contributed by atoms with Gasteiger partial charge in [0.05, 0.1) is 0 Å². The maximum absolute atomic E-state index is 5.80. The SMILES string of the molecule is COC(C(N)=NC(C)C)C1CC1. The van der Waals surface area contributed by atoms with E-state index in [0.29, 0.717) is 11.8 Å². The number of ether oxygens (including phenoxy) is 1. The first-order valence-electron chi connectivity index (χ1n) is 4.51. The third kappa shape index (κ3) is 2.48. The quantitative estimate of drug-likeness (QED) is 0.508. The average Bonchev–Trinajstić information content (AvgIpc) is 2.70. The third-order valence-corrected chi connectivity index (χ3v) is 2.00. The minimum atomic E-state index is 0.0624. The average molecular weight is 170 g/mol. The summed E-state index contributed by atoms with van der Waals surface area (Å²) in [5, 5.41) is 0. The molecule has 0 heterocycles. The van der Waals surface area contributed by atoms with E-state index >= 15 is 0 Å². The Hall–Kier alpha value is -0.570. The zero-order chi connectivity index (χ0) is 9.14. The van der Waals surface area contributed by atoms with Crippen LogP contribution in [0.3, 0.4) is 0 Å². The number of methoxy groups -OCH3 is 1. The van der Waals surface area contributed by atoms with Gasteiger partial charge in [-0.1, -0.05) is 0 Å². The Labute approximate surface area is 74.0 Å². The molecule has 1 aliphatic rings. The van der Waals surface area contributed by atoms with Crippen LogP contribution in [0.5, 0.6) is 0 Å². The molecule has 0 radical (unpaired) electrons. The normalized spacial score (nSPS) is 21.5. The van der Waals surface area contributed by atoms with E-state index in [9.17, 15) is 0 Å². The van der Waals surface area contributed by atoms with Crippen molar-refractivity contribution in [2.75, 3.05) is 7.11 Å². The highest BCUT2D eigenvalue weighted by atomic mass is 16.5. The van der Waals surface area contributed by atoms with Crippen molar-refractivity contribution >= 4 is 5.84 Å². The van der Waals surface area contributed by atoms with Crippen molar-refractivity contribution < 1.29 is 4.74 Å². The maximum atomic E-state index is 5.80. The van der Waals surface area contributed by atoms with Crippen molar-refractivity contribution in [2.24, 2.45) is 16.6 Å². The number of aliphatic imine (C=N–C) groups is 1.